The third-order valence-corrected chi connectivity index (χ3v) is 2.99. The molecule has 20 heavy (non-hydrogen) atoms. The van der Waals surface area contributed by atoms with Gasteiger partial charge >= 0.3 is 6.18 Å². The maximum atomic E-state index is 12.6. The fraction of sp³-hybridized carbons (Fsp3) is 0.462. The molecule has 1 amide bonds. The summed E-state index contributed by atoms with van der Waals surface area (Å²) in [6.45, 7) is 0.563. The monoisotopic (exact) mass is 308 g/mol. The zero-order valence-corrected chi connectivity index (χ0v) is 11.5. The summed E-state index contributed by atoms with van der Waals surface area (Å²) in [4.78, 5) is 11.6. The summed E-state index contributed by atoms with van der Waals surface area (Å²) in [7, 11) is 0. The normalized spacial score (nSPS) is 11.4. The van der Waals surface area contributed by atoms with E-state index >= 15 is 0 Å². The lowest BCUT2D eigenvalue weighted by Crippen LogP contribution is -2.13. The first-order chi connectivity index (χ1) is 9.34. The van der Waals surface area contributed by atoms with Crippen LogP contribution in [0.3, 0.4) is 0 Å². The highest BCUT2D eigenvalue weighted by Gasteiger charge is 2.33. The third kappa shape index (κ3) is 5.38. The molecule has 3 N–H and O–H groups in total. The lowest BCUT2D eigenvalue weighted by molar-refractivity contribution is -0.137. The second-order valence-electron chi connectivity index (χ2n) is 4.34. The molecule has 0 radical (unpaired) electrons. The second kappa shape index (κ2) is 7.50. The van der Waals surface area contributed by atoms with Crippen LogP contribution >= 0.6 is 11.6 Å². The van der Waals surface area contributed by atoms with Crippen molar-refractivity contribution < 1.29 is 18.0 Å². The van der Waals surface area contributed by atoms with Crippen molar-refractivity contribution in [2.45, 2.75) is 31.9 Å². The third-order valence-electron chi connectivity index (χ3n) is 2.66. The van der Waals surface area contributed by atoms with E-state index in [1.54, 1.807) is 0 Å². The van der Waals surface area contributed by atoms with Gasteiger partial charge in [-0.15, -0.1) is 0 Å². The predicted octanol–water partition coefficient (Wildman–Crippen LogP) is 3.82. The van der Waals surface area contributed by atoms with Crippen molar-refractivity contribution in [3.05, 3.63) is 28.8 Å². The van der Waals surface area contributed by atoms with Crippen LogP contribution in [0.4, 0.5) is 18.9 Å². The number of nitrogens with two attached hydrogens (primary N) is 1. The van der Waals surface area contributed by atoms with Gasteiger partial charge in [-0.05, 0) is 37.6 Å². The number of nitrogens with one attached hydrogen (secondary N) is 1. The zero-order valence-electron chi connectivity index (χ0n) is 10.8. The van der Waals surface area contributed by atoms with Crippen LogP contribution in [0.5, 0.6) is 0 Å². The number of halogens is 4. The number of carbonyl (C=O) groups excluding carboxylic acids is 1. The topological polar surface area (TPSA) is 55.1 Å². The first-order valence-electron chi connectivity index (χ1n) is 6.21. The van der Waals surface area contributed by atoms with Crippen molar-refractivity contribution in [2.75, 3.05) is 11.9 Å². The van der Waals surface area contributed by atoms with E-state index in [1.165, 1.54) is 6.07 Å². The second-order valence-corrected chi connectivity index (χ2v) is 4.75. The molecular formula is C13H16ClF3N2O. The predicted molar refractivity (Wildman–Crippen MR) is 72.6 cm³/mol. The van der Waals surface area contributed by atoms with Gasteiger partial charge in [0.2, 0.25) is 5.91 Å². The maximum Gasteiger partial charge on any atom is 0.417 e. The fourth-order valence-electron chi connectivity index (χ4n) is 1.65. The van der Waals surface area contributed by atoms with Crippen molar-refractivity contribution in [1.29, 1.82) is 0 Å². The average Bonchev–Trinajstić information content (AvgIpc) is 2.36. The van der Waals surface area contributed by atoms with Gasteiger partial charge in [-0.25, -0.2) is 0 Å². The number of benzene rings is 1. The summed E-state index contributed by atoms with van der Waals surface area (Å²) >= 11 is 5.49. The van der Waals surface area contributed by atoms with Crippen molar-refractivity contribution in [2.24, 2.45) is 5.73 Å². The minimum Gasteiger partial charge on any atom is -0.330 e. The summed E-state index contributed by atoms with van der Waals surface area (Å²) in [5, 5.41) is 2.04. The SMILES string of the molecule is NCCCCCC(=O)Nc1ccc(Cl)c(C(F)(F)F)c1. The quantitative estimate of drug-likeness (QED) is 0.785. The molecule has 0 aliphatic rings. The number of hydrogen-bond donors (Lipinski definition) is 2. The van der Waals surface area contributed by atoms with Gasteiger partial charge in [0.15, 0.2) is 0 Å². The van der Waals surface area contributed by atoms with Gasteiger partial charge in [-0.3, -0.25) is 4.79 Å². The van der Waals surface area contributed by atoms with E-state index in [4.69, 9.17) is 17.3 Å². The molecule has 7 heteroatoms. The van der Waals surface area contributed by atoms with Crippen LogP contribution in [-0.2, 0) is 11.0 Å². The Hall–Kier alpha value is -1.27. The van der Waals surface area contributed by atoms with E-state index in [9.17, 15) is 18.0 Å². The highest BCUT2D eigenvalue weighted by atomic mass is 35.5. The number of anilines is 1. The molecule has 0 unspecified atom stereocenters. The lowest BCUT2D eigenvalue weighted by Gasteiger charge is -2.11. The van der Waals surface area contributed by atoms with E-state index < -0.39 is 16.8 Å². The van der Waals surface area contributed by atoms with Crippen molar-refractivity contribution in [3.63, 3.8) is 0 Å². The molecule has 1 aromatic rings. The molecule has 0 saturated carbocycles. The van der Waals surface area contributed by atoms with E-state index in [-0.39, 0.29) is 18.0 Å². The van der Waals surface area contributed by atoms with E-state index in [1.807, 2.05) is 0 Å². The van der Waals surface area contributed by atoms with Crippen molar-refractivity contribution >= 4 is 23.2 Å². The average molecular weight is 309 g/mol. The molecule has 0 aromatic heterocycles. The standard InChI is InChI=1S/C13H16ClF3N2O/c14-11-6-5-9(8-10(11)13(15,16)17)19-12(20)4-2-1-3-7-18/h5-6,8H,1-4,7,18H2,(H,19,20). The number of rotatable bonds is 6. The van der Waals surface area contributed by atoms with Gasteiger partial charge in [-0.2, -0.15) is 13.2 Å². The van der Waals surface area contributed by atoms with Crippen LogP contribution in [0.15, 0.2) is 18.2 Å². The van der Waals surface area contributed by atoms with Gasteiger partial charge in [0.1, 0.15) is 0 Å². The summed E-state index contributed by atoms with van der Waals surface area (Å²) in [6.07, 6.45) is -1.99. The van der Waals surface area contributed by atoms with Gasteiger partial charge in [0.25, 0.3) is 0 Å². The molecular weight excluding hydrogens is 293 g/mol. The smallest absolute Gasteiger partial charge is 0.330 e. The molecule has 0 atom stereocenters. The van der Waals surface area contributed by atoms with Crippen molar-refractivity contribution in [1.82, 2.24) is 0 Å². The fourth-order valence-corrected chi connectivity index (χ4v) is 1.88. The lowest BCUT2D eigenvalue weighted by atomic mass is 10.1. The van der Waals surface area contributed by atoms with Crippen LogP contribution in [-0.4, -0.2) is 12.5 Å². The Morgan fingerprint density at radius 2 is 1.95 bits per heavy atom. The highest BCUT2D eigenvalue weighted by Crippen LogP contribution is 2.36. The Morgan fingerprint density at radius 3 is 2.55 bits per heavy atom. The Balaban J connectivity index is 2.62. The Morgan fingerprint density at radius 1 is 1.25 bits per heavy atom. The minimum absolute atomic E-state index is 0.0885. The summed E-state index contributed by atoms with van der Waals surface area (Å²) in [6, 6.07) is 3.30. The molecule has 112 valence electrons. The van der Waals surface area contributed by atoms with Crippen LogP contribution in [0.2, 0.25) is 5.02 Å². The summed E-state index contributed by atoms with van der Waals surface area (Å²) in [5.74, 6) is -0.322. The van der Waals surface area contributed by atoms with Crippen LogP contribution in [0.25, 0.3) is 0 Å². The number of carbonyl (C=O) groups is 1. The summed E-state index contributed by atoms with van der Waals surface area (Å²) < 4.78 is 37.9. The van der Waals surface area contributed by atoms with Crippen LogP contribution in [0, 0.1) is 0 Å². The highest BCUT2D eigenvalue weighted by molar-refractivity contribution is 6.31. The molecule has 1 aromatic carbocycles. The van der Waals surface area contributed by atoms with Crippen LogP contribution in [0.1, 0.15) is 31.2 Å². The molecule has 0 aliphatic heterocycles. The molecule has 0 bridgehead atoms. The first-order valence-corrected chi connectivity index (χ1v) is 6.59. The van der Waals surface area contributed by atoms with Gasteiger partial charge in [-0.1, -0.05) is 18.0 Å². The number of unbranched alkanes of at least 4 members (excludes halogenated alkanes) is 2. The van der Waals surface area contributed by atoms with E-state index in [0.29, 0.717) is 13.0 Å². The molecule has 0 saturated heterocycles. The molecule has 1 rings (SSSR count). The Labute approximate surface area is 120 Å². The number of hydrogen-bond acceptors (Lipinski definition) is 2. The van der Waals surface area contributed by atoms with Crippen molar-refractivity contribution in [3.8, 4) is 0 Å². The molecule has 0 aliphatic carbocycles. The molecule has 0 spiro atoms. The summed E-state index contributed by atoms with van der Waals surface area (Å²) in [5.41, 5.74) is 4.45. The Kier molecular flexibility index (Phi) is 6.29. The molecule has 3 nitrogen and oxygen atoms in total. The minimum atomic E-state index is -4.54. The maximum absolute atomic E-state index is 12.6. The number of alkyl halides is 3. The van der Waals surface area contributed by atoms with Gasteiger partial charge < -0.3 is 11.1 Å². The van der Waals surface area contributed by atoms with Gasteiger partial charge in [0.05, 0.1) is 10.6 Å². The molecule has 0 heterocycles. The van der Waals surface area contributed by atoms with E-state index in [0.717, 1.165) is 25.0 Å². The first kappa shape index (κ1) is 16.8. The molecule has 0 fully saturated rings. The van der Waals surface area contributed by atoms with E-state index in [2.05, 4.69) is 5.32 Å². The zero-order chi connectivity index (χ0) is 15.2. The number of amides is 1. The van der Waals surface area contributed by atoms with Gasteiger partial charge in [0, 0.05) is 12.1 Å². The van der Waals surface area contributed by atoms with Crippen LogP contribution < -0.4 is 11.1 Å². The Bertz CT molecular complexity index is 463. The largest absolute Gasteiger partial charge is 0.417 e.